The van der Waals surface area contributed by atoms with Gasteiger partial charge in [-0.3, -0.25) is 4.79 Å². The van der Waals surface area contributed by atoms with Gasteiger partial charge < -0.3 is 5.32 Å². The Bertz CT molecular complexity index is 1070. The van der Waals surface area contributed by atoms with E-state index in [0.717, 1.165) is 4.88 Å². The lowest BCUT2D eigenvalue weighted by Gasteiger charge is -2.08. The third kappa shape index (κ3) is 3.31. The summed E-state index contributed by atoms with van der Waals surface area (Å²) in [6.07, 6.45) is 3.11. The number of pyridine rings is 1. The molecule has 26 heavy (non-hydrogen) atoms. The zero-order chi connectivity index (χ0) is 18.1. The molecular formula is C18H12Cl2N4OS. The van der Waals surface area contributed by atoms with Gasteiger partial charge in [0.25, 0.3) is 5.91 Å². The average molecular weight is 403 g/mol. The number of aromatic nitrogens is 3. The van der Waals surface area contributed by atoms with Gasteiger partial charge in [0.1, 0.15) is 0 Å². The first-order valence-corrected chi connectivity index (χ1v) is 9.34. The van der Waals surface area contributed by atoms with Gasteiger partial charge in [0.15, 0.2) is 5.65 Å². The Labute approximate surface area is 163 Å². The standard InChI is InChI=1S/C18H12Cl2N4OS/c19-11-3-5-12(6-4-11)23-18(25)15-8-21-17-14(16(15)20)9-22-24(17)10-13-2-1-7-26-13/h1-9H,10H2,(H,23,25). The third-order valence-electron chi connectivity index (χ3n) is 3.83. The zero-order valence-corrected chi connectivity index (χ0v) is 15.6. The molecule has 1 amide bonds. The first kappa shape index (κ1) is 17.0. The van der Waals surface area contributed by atoms with E-state index in [-0.39, 0.29) is 5.91 Å². The molecule has 1 aromatic carbocycles. The summed E-state index contributed by atoms with van der Waals surface area (Å²) in [7, 11) is 0. The number of nitrogens with zero attached hydrogens (tertiary/aromatic N) is 3. The number of hydrogen-bond acceptors (Lipinski definition) is 4. The molecule has 0 aliphatic carbocycles. The SMILES string of the molecule is O=C(Nc1ccc(Cl)cc1)c1cnc2c(cnn2Cc2cccs2)c1Cl. The molecule has 0 saturated carbocycles. The highest BCUT2D eigenvalue weighted by atomic mass is 35.5. The molecule has 1 N–H and O–H groups in total. The molecule has 0 radical (unpaired) electrons. The van der Waals surface area contributed by atoms with Crippen LogP contribution in [0, 0.1) is 0 Å². The van der Waals surface area contributed by atoms with E-state index in [0.29, 0.717) is 38.9 Å². The highest BCUT2D eigenvalue weighted by Gasteiger charge is 2.17. The second-order valence-electron chi connectivity index (χ2n) is 5.57. The van der Waals surface area contributed by atoms with Crippen LogP contribution in [0.4, 0.5) is 5.69 Å². The van der Waals surface area contributed by atoms with E-state index in [4.69, 9.17) is 23.2 Å². The Hall–Kier alpha value is -2.41. The average Bonchev–Trinajstić information content (AvgIpc) is 3.28. The molecule has 4 aromatic rings. The van der Waals surface area contributed by atoms with Crippen molar-refractivity contribution in [3.05, 3.63) is 74.7 Å². The van der Waals surface area contributed by atoms with Crippen molar-refractivity contribution in [2.24, 2.45) is 0 Å². The van der Waals surface area contributed by atoms with Crippen LogP contribution in [0.2, 0.25) is 10.0 Å². The molecule has 0 aliphatic heterocycles. The van der Waals surface area contributed by atoms with Crippen molar-refractivity contribution in [2.45, 2.75) is 6.54 Å². The molecule has 130 valence electrons. The minimum absolute atomic E-state index is 0.296. The van der Waals surface area contributed by atoms with Crippen LogP contribution in [0.15, 0.2) is 54.2 Å². The summed E-state index contributed by atoms with van der Waals surface area (Å²) < 4.78 is 1.77. The van der Waals surface area contributed by atoms with Crippen LogP contribution in [0.1, 0.15) is 15.2 Å². The normalized spacial score (nSPS) is 11.0. The number of hydrogen-bond donors (Lipinski definition) is 1. The molecule has 0 atom stereocenters. The van der Waals surface area contributed by atoms with Gasteiger partial charge in [-0.15, -0.1) is 11.3 Å². The van der Waals surface area contributed by atoms with Crippen molar-refractivity contribution in [1.82, 2.24) is 14.8 Å². The van der Waals surface area contributed by atoms with E-state index in [2.05, 4.69) is 15.4 Å². The minimum atomic E-state index is -0.335. The summed E-state index contributed by atoms with van der Waals surface area (Å²) in [6, 6.07) is 10.9. The Morgan fingerprint density at radius 1 is 1.15 bits per heavy atom. The number of rotatable bonds is 4. The van der Waals surface area contributed by atoms with Gasteiger partial charge in [0, 0.05) is 21.8 Å². The molecule has 0 aliphatic rings. The number of fused-ring (bicyclic) bond motifs is 1. The Kier molecular flexibility index (Phi) is 4.63. The highest BCUT2D eigenvalue weighted by Crippen LogP contribution is 2.27. The van der Waals surface area contributed by atoms with Crippen molar-refractivity contribution in [1.29, 1.82) is 0 Å². The molecule has 0 fully saturated rings. The summed E-state index contributed by atoms with van der Waals surface area (Å²) >= 11 is 14.0. The van der Waals surface area contributed by atoms with Gasteiger partial charge in [-0.1, -0.05) is 29.3 Å². The zero-order valence-electron chi connectivity index (χ0n) is 13.3. The third-order valence-corrected chi connectivity index (χ3v) is 5.35. The maximum absolute atomic E-state index is 12.5. The molecule has 4 rings (SSSR count). The van der Waals surface area contributed by atoms with Crippen molar-refractivity contribution in [2.75, 3.05) is 5.32 Å². The predicted octanol–water partition coefficient (Wildman–Crippen LogP) is 5.10. The van der Waals surface area contributed by atoms with E-state index in [1.165, 1.54) is 6.20 Å². The van der Waals surface area contributed by atoms with Crippen LogP contribution in [0.25, 0.3) is 11.0 Å². The summed E-state index contributed by atoms with van der Waals surface area (Å²) in [5.41, 5.74) is 1.57. The maximum atomic E-state index is 12.5. The second-order valence-corrected chi connectivity index (χ2v) is 7.41. The van der Waals surface area contributed by atoms with E-state index in [1.54, 1.807) is 46.5 Å². The number of carbonyl (C=O) groups is 1. The molecular weight excluding hydrogens is 391 g/mol. The van der Waals surface area contributed by atoms with Gasteiger partial charge in [-0.25, -0.2) is 9.67 Å². The van der Waals surface area contributed by atoms with Crippen LogP contribution in [-0.2, 0) is 6.54 Å². The molecule has 8 heteroatoms. The largest absolute Gasteiger partial charge is 0.322 e. The first-order valence-electron chi connectivity index (χ1n) is 7.71. The molecule has 0 spiro atoms. The monoisotopic (exact) mass is 402 g/mol. The second kappa shape index (κ2) is 7.07. The lowest BCUT2D eigenvalue weighted by molar-refractivity contribution is 0.102. The number of anilines is 1. The summed E-state index contributed by atoms with van der Waals surface area (Å²) in [6.45, 7) is 0.612. The van der Waals surface area contributed by atoms with Crippen LogP contribution < -0.4 is 5.32 Å². The lowest BCUT2D eigenvalue weighted by Crippen LogP contribution is -2.13. The lowest BCUT2D eigenvalue weighted by atomic mass is 10.2. The van der Waals surface area contributed by atoms with Crippen molar-refractivity contribution in [3.63, 3.8) is 0 Å². The van der Waals surface area contributed by atoms with Crippen molar-refractivity contribution in [3.8, 4) is 0 Å². The van der Waals surface area contributed by atoms with E-state index >= 15 is 0 Å². The summed E-state index contributed by atoms with van der Waals surface area (Å²) in [5, 5.41) is 10.7. The fourth-order valence-corrected chi connectivity index (χ4v) is 3.63. The van der Waals surface area contributed by atoms with Crippen LogP contribution in [0.5, 0.6) is 0 Å². The van der Waals surface area contributed by atoms with Gasteiger partial charge in [0.2, 0.25) is 0 Å². The Morgan fingerprint density at radius 2 is 1.96 bits per heavy atom. The fourth-order valence-electron chi connectivity index (χ4n) is 2.55. The molecule has 0 unspecified atom stereocenters. The maximum Gasteiger partial charge on any atom is 0.258 e. The topological polar surface area (TPSA) is 59.8 Å². The molecule has 5 nitrogen and oxygen atoms in total. The summed E-state index contributed by atoms with van der Waals surface area (Å²) in [5.74, 6) is -0.335. The minimum Gasteiger partial charge on any atom is -0.322 e. The molecule has 0 saturated heterocycles. The molecule has 3 heterocycles. The predicted molar refractivity (Wildman–Crippen MR) is 105 cm³/mol. The molecule has 0 bridgehead atoms. The number of amides is 1. The van der Waals surface area contributed by atoms with Gasteiger partial charge in [0.05, 0.1) is 28.7 Å². The van der Waals surface area contributed by atoms with Crippen LogP contribution in [0.3, 0.4) is 0 Å². The fraction of sp³-hybridized carbons (Fsp3) is 0.0556. The number of halogens is 2. The van der Waals surface area contributed by atoms with E-state index < -0.39 is 0 Å². The van der Waals surface area contributed by atoms with Gasteiger partial charge in [-0.2, -0.15) is 5.10 Å². The van der Waals surface area contributed by atoms with Gasteiger partial charge in [-0.05, 0) is 35.7 Å². The van der Waals surface area contributed by atoms with E-state index in [1.807, 2.05) is 17.5 Å². The van der Waals surface area contributed by atoms with Gasteiger partial charge >= 0.3 is 0 Å². The number of thiophene rings is 1. The van der Waals surface area contributed by atoms with E-state index in [9.17, 15) is 4.79 Å². The number of nitrogens with one attached hydrogen (secondary N) is 1. The quantitative estimate of drug-likeness (QED) is 0.516. The number of carbonyl (C=O) groups excluding carboxylic acids is 1. The van der Waals surface area contributed by atoms with Crippen LogP contribution >= 0.6 is 34.5 Å². The Morgan fingerprint density at radius 3 is 2.69 bits per heavy atom. The smallest absolute Gasteiger partial charge is 0.258 e. The number of benzene rings is 1. The first-order chi connectivity index (χ1) is 12.6. The van der Waals surface area contributed by atoms with Crippen LogP contribution in [-0.4, -0.2) is 20.7 Å². The van der Waals surface area contributed by atoms with Crippen molar-refractivity contribution >= 4 is 57.2 Å². The highest BCUT2D eigenvalue weighted by molar-refractivity contribution is 7.09. The molecule has 3 aromatic heterocycles. The summed E-state index contributed by atoms with van der Waals surface area (Å²) in [4.78, 5) is 18.1. The Balaban J connectivity index is 1.63. The van der Waals surface area contributed by atoms with Crippen molar-refractivity contribution < 1.29 is 4.79 Å².